The number of rotatable bonds is 2. The number of ether oxygens (including phenoxy) is 1. The molecule has 1 saturated heterocycles. The van der Waals surface area contributed by atoms with Gasteiger partial charge < -0.3 is 9.64 Å². The van der Waals surface area contributed by atoms with Crippen molar-refractivity contribution in [1.29, 1.82) is 0 Å². The van der Waals surface area contributed by atoms with Crippen molar-refractivity contribution in [3.8, 4) is 0 Å². The second kappa shape index (κ2) is 4.67. The van der Waals surface area contributed by atoms with E-state index in [0.29, 0.717) is 0 Å². The van der Waals surface area contributed by atoms with Crippen LogP contribution in [0.15, 0.2) is 60.7 Å². The molecule has 1 unspecified atom stereocenters. The molecule has 0 aliphatic carbocycles. The summed E-state index contributed by atoms with van der Waals surface area (Å²) in [6.07, 6.45) is 12.0. The Morgan fingerprint density at radius 1 is 1.37 bits per heavy atom. The van der Waals surface area contributed by atoms with E-state index in [2.05, 4.69) is 23.7 Å². The number of nitrogens with zero attached hydrogens (tertiary/aromatic N) is 2. The fourth-order valence-corrected chi connectivity index (χ4v) is 2.75. The van der Waals surface area contributed by atoms with E-state index in [0.717, 1.165) is 25.1 Å². The van der Waals surface area contributed by atoms with E-state index in [9.17, 15) is 0 Å². The maximum atomic E-state index is 6.14. The minimum absolute atomic E-state index is 0.330. The number of hydrogen-bond donors (Lipinski definition) is 0. The smallest absolute Gasteiger partial charge is 0.118 e. The van der Waals surface area contributed by atoms with Gasteiger partial charge in [-0.1, -0.05) is 6.58 Å². The summed E-state index contributed by atoms with van der Waals surface area (Å²) in [7, 11) is 2.00. The quantitative estimate of drug-likeness (QED) is 0.811. The van der Waals surface area contributed by atoms with Gasteiger partial charge in [0.2, 0.25) is 0 Å². The number of likely N-dealkylation sites (N-methyl/N-ethyl adjacent to an activating group) is 1. The van der Waals surface area contributed by atoms with Gasteiger partial charge in [0.05, 0.1) is 0 Å². The van der Waals surface area contributed by atoms with E-state index in [1.54, 1.807) is 0 Å². The Labute approximate surface area is 113 Å². The normalized spacial score (nSPS) is 26.7. The molecule has 0 saturated carbocycles. The Hall–Kier alpha value is -1.87. The van der Waals surface area contributed by atoms with Crippen molar-refractivity contribution in [1.82, 2.24) is 9.88 Å². The Morgan fingerprint density at radius 3 is 2.79 bits per heavy atom. The van der Waals surface area contributed by atoms with Gasteiger partial charge in [-0.25, -0.2) is 0 Å². The van der Waals surface area contributed by atoms with Crippen molar-refractivity contribution in [3.63, 3.8) is 0 Å². The molecule has 3 nitrogen and oxygen atoms in total. The standard InChI is InChI=1S/C16H18N2O/c1-13-12-15(6-10-18(13)2)16(7-3-11-19-16)14-4-8-17-9-5-14/h4-6,8-10,12H,1,3,7,11H2,2H3. The van der Waals surface area contributed by atoms with Crippen molar-refractivity contribution >= 4 is 0 Å². The van der Waals surface area contributed by atoms with Gasteiger partial charge >= 0.3 is 0 Å². The molecule has 0 aromatic carbocycles. The van der Waals surface area contributed by atoms with Crippen LogP contribution in [0.25, 0.3) is 0 Å². The minimum atomic E-state index is -0.330. The van der Waals surface area contributed by atoms with E-state index < -0.39 is 0 Å². The third-order valence-corrected chi connectivity index (χ3v) is 3.89. The summed E-state index contributed by atoms with van der Waals surface area (Å²) in [5.41, 5.74) is 3.01. The highest BCUT2D eigenvalue weighted by Crippen LogP contribution is 2.44. The molecule has 0 spiro atoms. The van der Waals surface area contributed by atoms with Crippen LogP contribution in [-0.2, 0) is 10.3 Å². The van der Waals surface area contributed by atoms with E-state index in [-0.39, 0.29) is 5.60 Å². The zero-order valence-electron chi connectivity index (χ0n) is 11.2. The molecule has 0 radical (unpaired) electrons. The molecular weight excluding hydrogens is 236 g/mol. The fourth-order valence-electron chi connectivity index (χ4n) is 2.75. The molecule has 2 aliphatic heterocycles. The number of pyridine rings is 1. The molecule has 1 aromatic heterocycles. The van der Waals surface area contributed by atoms with E-state index in [1.807, 2.05) is 42.7 Å². The van der Waals surface area contributed by atoms with E-state index >= 15 is 0 Å². The Morgan fingerprint density at radius 2 is 2.16 bits per heavy atom. The lowest BCUT2D eigenvalue weighted by Gasteiger charge is -2.33. The third-order valence-electron chi connectivity index (χ3n) is 3.89. The average molecular weight is 254 g/mol. The Balaban J connectivity index is 2.06. The van der Waals surface area contributed by atoms with E-state index in [1.165, 1.54) is 11.1 Å². The topological polar surface area (TPSA) is 25.4 Å². The second-order valence-electron chi connectivity index (χ2n) is 5.03. The molecule has 3 heteroatoms. The van der Waals surface area contributed by atoms with Crippen LogP contribution >= 0.6 is 0 Å². The summed E-state index contributed by atoms with van der Waals surface area (Å²) in [6.45, 7) is 4.87. The summed E-state index contributed by atoms with van der Waals surface area (Å²) in [6, 6.07) is 4.09. The lowest BCUT2D eigenvalue weighted by atomic mass is 9.82. The number of aromatic nitrogens is 1. The van der Waals surface area contributed by atoms with Crippen LogP contribution in [-0.4, -0.2) is 23.5 Å². The molecule has 0 bridgehead atoms. The molecule has 1 aromatic rings. The SMILES string of the molecule is C=C1C=C(C2(c3ccncc3)CCCO2)C=CN1C. The van der Waals surface area contributed by atoms with Gasteiger partial charge in [0.1, 0.15) is 5.60 Å². The summed E-state index contributed by atoms with van der Waals surface area (Å²) < 4.78 is 6.14. The fraction of sp³-hybridized carbons (Fsp3) is 0.312. The van der Waals surface area contributed by atoms with Crippen LogP contribution in [0.4, 0.5) is 0 Å². The molecule has 19 heavy (non-hydrogen) atoms. The molecule has 3 heterocycles. The van der Waals surface area contributed by atoms with Crippen LogP contribution in [0.1, 0.15) is 18.4 Å². The second-order valence-corrected chi connectivity index (χ2v) is 5.03. The lowest BCUT2D eigenvalue weighted by molar-refractivity contribution is 0.0348. The first kappa shape index (κ1) is 12.2. The van der Waals surface area contributed by atoms with Crippen LogP contribution in [0.3, 0.4) is 0 Å². The Bertz CT molecular complexity index is 539. The minimum Gasteiger partial charge on any atom is -0.366 e. The van der Waals surface area contributed by atoms with Crippen molar-refractivity contribution in [3.05, 3.63) is 66.3 Å². The van der Waals surface area contributed by atoms with Crippen LogP contribution in [0.2, 0.25) is 0 Å². The molecule has 0 N–H and O–H groups in total. The first-order chi connectivity index (χ1) is 9.22. The molecule has 1 fully saturated rings. The summed E-state index contributed by atoms with van der Waals surface area (Å²) >= 11 is 0. The van der Waals surface area contributed by atoms with Crippen molar-refractivity contribution in [2.75, 3.05) is 13.7 Å². The van der Waals surface area contributed by atoms with Crippen molar-refractivity contribution in [2.24, 2.45) is 0 Å². The summed E-state index contributed by atoms with van der Waals surface area (Å²) in [4.78, 5) is 6.11. The molecule has 1 atom stereocenters. The largest absolute Gasteiger partial charge is 0.366 e. The lowest BCUT2D eigenvalue weighted by Crippen LogP contribution is -2.29. The third kappa shape index (κ3) is 2.00. The number of hydrogen-bond acceptors (Lipinski definition) is 3. The highest BCUT2D eigenvalue weighted by Gasteiger charge is 2.40. The average Bonchev–Trinajstić information content (AvgIpc) is 2.93. The van der Waals surface area contributed by atoms with Gasteiger partial charge in [-0.2, -0.15) is 0 Å². The van der Waals surface area contributed by atoms with E-state index in [4.69, 9.17) is 4.74 Å². The summed E-state index contributed by atoms with van der Waals surface area (Å²) in [5, 5.41) is 0. The van der Waals surface area contributed by atoms with Gasteiger partial charge in [0, 0.05) is 37.9 Å². The first-order valence-corrected chi connectivity index (χ1v) is 6.59. The molecule has 0 amide bonds. The van der Waals surface area contributed by atoms with Crippen LogP contribution < -0.4 is 0 Å². The van der Waals surface area contributed by atoms with Crippen molar-refractivity contribution in [2.45, 2.75) is 18.4 Å². The monoisotopic (exact) mass is 254 g/mol. The summed E-state index contributed by atoms with van der Waals surface area (Å²) in [5.74, 6) is 0. The van der Waals surface area contributed by atoms with Gasteiger partial charge in [-0.15, -0.1) is 0 Å². The predicted octanol–water partition coefficient (Wildman–Crippen LogP) is 2.99. The maximum Gasteiger partial charge on any atom is 0.118 e. The number of allylic oxidation sites excluding steroid dienone is 1. The van der Waals surface area contributed by atoms with Gasteiger partial charge in [0.15, 0.2) is 0 Å². The van der Waals surface area contributed by atoms with Crippen LogP contribution in [0, 0.1) is 0 Å². The molecule has 2 aliphatic rings. The molecule has 3 rings (SSSR count). The predicted molar refractivity (Wildman–Crippen MR) is 75.2 cm³/mol. The van der Waals surface area contributed by atoms with Gasteiger partial charge in [-0.3, -0.25) is 4.98 Å². The zero-order valence-corrected chi connectivity index (χ0v) is 11.2. The van der Waals surface area contributed by atoms with Gasteiger partial charge in [0.25, 0.3) is 0 Å². The van der Waals surface area contributed by atoms with Crippen molar-refractivity contribution < 1.29 is 4.74 Å². The molecular formula is C16H18N2O. The highest BCUT2D eigenvalue weighted by atomic mass is 16.5. The highest BCUT2D eigenvalue weighted by molar-refractivity contribution is 5.44. The Kier molecular flexibility index (Phi) is 2.99. The van der Waals surface area contributed by atoms with Gasteiger partial charge in [-0.05, 0) is 48.3 Å². The first-order valence-electron chi connectivity index (χ1n) is 6.59. The molecule has 98 valence electrons. The maximum absolute atomic E-state index is 6.14. The zero-order chi connectivity index (χ0) is 13.3. The van der Waals surface area contributed by atoms with Crippen LogP contribution in [0.5, 0.6) is 0 Å².